The lowest BCUT2D eigenvalue weighted by Gasteiger charge is -2.39. The van der Waals surface area contributed by atoms with Crippen LogP contribution in [0.5, 0.6) is 0 Å². The SMILES string of the molecule is C=P(c1ccccc1)(c1ccccc1)c1ccccc1.CC(C)(C)[Si](C)(C)O[C@H](CC(=O)O)CP(C)(C)=O.COCc1c(C(C)C)nc(C(C)C)c(C=O)c1-c1ccc(F)cc1. The summed E-state index contributed by atoms with van der Waals surface area (Å²) in [6.07, 6.45) is 5.37. The van der Waals surface area contributed by atoms with Gasteiger partial charge in [-0.2, -0.15) is 0 Å². The number of aliphatic carboxylic acids is 1. The molecule has 5 rings (SSSR count). The molecule has 0 fully saturated rings. The summed E-state index contributed by atoms with van der Waals surface area (Å²) in [6.45, 7) is 20.6. The molecule has 1 atom stereocenters. The molecule has 0 unspecified atom stereocenters. The lowest BCUT2D eigenvalue weighted by atomic mass is 9.88. The van der Waals surface area contributed by atoms with E-state index in [2.05, 4.69) is 139 Å². The maximum atomic E-state index is 13.3. The van der Waals surface area contributed by atoms with Crippen molar-refractivity contribution in [2.75, 3.05) is 26.6 Å². The zero-order chi connectivity index (χ0) is 46.5. The van der Waals surface area contributed by atoms with E-state index >= 15 is 0 Å². The van der Waals surface area contributed by atoms with E-state index in [4.69, 9.17) is 25.6 Å². The number of carboxylic acid groups (broad SMARTS) is 1. The Morgan fingerprint density at radius 2 is 1.24 bits per heavy atom. The molecule has 4 aromatic carbocycles. The Morgan fingerprint density at radius 3 is 1.58 bits per heavy atom. The maximum absolute atomic E-state index is 13.3. The summed E-state index contributed by atoms with van der Waals surface area (Å²) in [6, 6.07) is 38.2. The van der Waals surface area contributed by atoms with Gasteiger partial charge in [0.2, 0.25) is 0 Å². The lowest BCUT2D eigenvalue weighted by molar-refractivity contribution is -0.138. The number of ether oxygens (including phenoxy) is 1. The molecule has 1 N–H and O–H groups in total. The molecule has 1 heterocycles. The highest BCUT2D eigenvalue weighted by atomic mass is 31.2. The van der Waals surface area contributed by atoms with Gasteiger partial charge in [-0.05, 0) is 83.8 Å². The highest BCUT2D eigenvalue weighted by Gasteiger charge is 2.40. The molecule has 0 aliphatic carbocycles. The van der Waals surface area contributed by atoms with E-state index in [1.807, 2.05) is 13.8 Å². The van der Waals surface area contributed by atoms with Crippen molar-refractivity contribution in [3.63, 3.8) is 0 Å². The van der Waals surface area contributed by atoms with Gasteiger partial charge in [0.15, 0.2) is 14.6 Å². The highest BCUT2D eigenvalue weighted by molar-refractivity contribution is 7.93. The molecule has 0 amide bonds. The van der Waals surface area contributed by atoms with E-state index in [1.54, 1.807) is 32.6 Å². The van der Waals surface area contributed by atoms with E-state index in [1.165, 1.54) is 28.0 Å². The first-order valence-electron chi connectivity index (χ1n) is 21.1. The molecular weight excluding hydrogens is 832 g/mol. The number of benzene rings is 4. The Kier molecular flexibility index (Phi) is 19.3. The van der Waals surface area contributed by atoms with Crippen LogP contribution < -0.4 is 15.9 Å². The molecule has 0 radical (unpaired) electrons. The van der Waals surface area contributed by atoms with Gasteiger partial charge < -0.3 is 18.8 Å². The monoisotopic (exact) mass is 899 g/mol. The van der Waals surface area contributed by atoms with Crippen molar-refractivity contribution in [1.82, 2.24) is 4.98 Å². The Labute approximate surface area is 372 Å². The molecule has 0 aliphatic rings. The number of carboxylic acids is 1. The summed E-state index contributed by atoms with van der Waals surface area (Å²) in [4.78, 5) is 27.5. The zero-order valence-corrected chi connectivity index (χ0v) is 41.6. The van der Waals surface area contributed by atoms with Crippen molar-refractivity contribution in [3.8, 4) is 11.1 Å². The topological polar surface area (TPSA) is 103 Å². The first kappa shape index (κ1) is 52.1. The summed E-state index contributed by atoms with van der Waals surface area (Å²) in [5, 5.41) is 12.9. The quantitative estimate of drug-likeness (QED) is 0.0634. The fraction of sp³-hybridized carbons (Fsp3) is 0.373. The number of halogens is 1. The average Bonchev–Trinajstić information content (AvgIpc) is 3.20. The third kappa shape index (κ3) is 14.4. The first-order valence-corrected chi connectivity index (χ1v) is 28.7. The molecular formula is C51H68FNO6P2Si. The van der Waals surface area contributed by atoms with Crippen LogP contribution in [-0.4, -0.2) is 69.7 Å². The lowest BCUT2D eigenvalue weighted by Crippen LogP contribution is -2.45. The van der Waals surface area contributed by atoms with Gasteiger partial charge in [0.05, 0.1) is 32.0 Å². The van der Waals surface area contributed by atoms with Crippen molar-refractivity contribution in [3.05, 3.63) is 144 Å². The Bertz CT molecular complexity index is 2190. The third-order valence-corrected chi connectivity index (χ3v) is 20.3. The standard InChI is InChI=1S/C20H24FNO2.C19H17P.C12H27O4PSi/c1-12(2)19-16(10-23)18(14-6-8-15(21)9-7-14)17(11-24-5)20(22-19)13(3)4;1-20(17-11-5-2-6-12-17,18-13-7-3-8-14-18)19-15-9-4-10-16-19;1-12(2,3)18(6,7)16-10(8-11(13)14)9-17(4,5)15/h6-10,12-13H,11H2,1-5H3;2-16H,1H2;10H,8-9H2,1-7H3,(H,13,14)/t;;10-/m..1/s1. The average molecular weight is 900 g/mol. The van der Waals surface area contributed by atoms with E-state index in [9.17, 15) is 18.5 Å². The van der Waals surface area contributed by atoms with E-state index in [0.29, 0.717) is 18.3 Å². The van der Waals surface area contributed by atoms with Crippen LogP contribution in [-0.2, 0) is 25.1 Å². The maximum Gasteiger partial charge on any atom is 0.305 e. The molecule has 334 valence electrons. The number of carbonyl (C=O) groups is 2. The van der Waals surface area contributed by atoms with Crippen LogP contribution in [0.4, 0.5) is 4.39 Å². The normalized spacial score (nSPS) is 12.5. The molecule has 1 aromatic heterocycles. The molecule has 0 saturated heterocycles. The van der Waals surface area contributed by atoms with Gasteiger partial charge in [-0.3, -0.25) is 14.6 Å². The zero-order valence-electron chi connectivity index (χ0n) is 38.8. The van der Waals surface area contributed by atoms with Crippen LogP contribution in [0.15, 0.2) is 115 Å². The van der Waals surface area contributed by atoms with Gasteiger partial charge in [0.1, 0.15) is 5.82 Å². The third-order valence-electron chi connectivity index (χ3n) is 10.9. The Morgan fingerprint density at radius 1 is 0.806 bits per heavy atom. The number of nitrogens with zero attached hydrogens (tertiary/aromatic N) is 1. The van der Waals surface area contributed by atoms with Crippen molar-refractivity contribution in [2.45, 2.75) is 97.6 Å². The highest BCUT2D eigenvalue weighted by Crippen LogP contribution is 2.43. The molecule has 62 heavy (non-hydrogen) atoms. The number of rotatable bonds is 15. The summed E-state index contributed by atoms with van der Waals surface area (Å²) >= 11 is 0. The van der Waals surface area contributed by atoms with Crippen LogP contribution in [0.3, 0.4) is 0 Å². The summed E-state index contributed by atoms with van der Waals surface area (Å²) < 4.78 is 36.7. The second-order valence-electron chi connectivity index (χ2n) is 18.2. The van der Waals surface area contributed by atoms with Crippen LogP contribution in [0, 0.1) is 5.82 Å². The van der Waals surface area contributed by atoms with Gasteiger partial charge in [0, 0.05) is 35.7 Å². The molecule has 7 nitrogen and oxygen atoms in total. The second-order valence-corrected chi connectivity index (χ2v) is 29.6. The van der Waals surface area contributed by atoms with Crippen molar-refractivity contribution in [2.24, 2.45) is 0 Å². The van der Waals surface area contributed by atoms with E-state index < -0.39 is 34.4 Å². The van der Waals surface area contributed by atoms with Gasteiger partial charge >= 0.3 is 5.97 Å². The molecule has 0 aliphatic heterocycles. The predicted octanol–water partition coefficient (Wildman–Crippen LogP) is 12.0. The predicted molar refractivity (Wildman–Crippen MR) is 265 cm³/mol. The summed E-state index contributed by atoms with van der Waals surface area (Å²) in [5.41, 5.74) is 4.75. The molecule has 5 aromatic rings. The van der Waals surface area contributed by atoms with Crippen LogP contribution in [0.25, 0.3) is 11.1 Å². The Balaban J connectivity index is 0.000000251. The second kappa shape index (κ2) is 22.9. The van der Waals surface area contributed by atoms with Gasteiger partial charge in [-0.1, -0.05) is 158 Å². The number of hydrogen-bond donors (Lipinski definition) is 1. The van der Waals surface area contributed by atoms with Gasteiger partial charge in [-0.25, -0.2) is 4.39 Å². The van der Waals surface area contributed by atoms with Crippen LogP contribution >= 0.6 is 14.0 Å². The largest absolute Gasteiger partial charge is 0.481 e. The first-order chi connectivity index (χ1) is 29.0. The van der Waals surface area contributed by atoms with Crippen molar-refractivity contribution < 1.29 is 32.8 Å². The number of hydrogen-bond acceptors (Lipinski definition) is 6. The minimum Gasteiger partial charge on any atom is -0.481 e. The summed E-state index contributed by atoms with van der Waals surface area (Å²) in [7, 11) is -2.68. The van der Waals surface area contributed by atoms with Crippen LogP contribution in [0.2, 0.25) is 18.1 Å². The van der Waals surface area contributed by atoms with Crippen molar-refractivity contribution >= 4 is 56.8 Å². The minimum atomic E-state index is -2.28. The van der Waals surface area contributed by atoms with Gasteiger partial charge in [0.25, 0.3) is 0 Å². The summed E-state index contributed by atoms with van der Waals surface area (Å²) in [5.74, 6) is -0.903. The molecule has 0 bridgehead atoms. The Hall–Kier alpha value is -4.23. The fourth-order valence-corrected chi connectivity index (χ4v) is 12.5. The number of carbonyl (C=O) groups excluding carboxylic acids is 1. The number of pyridine rings is 1. The van der Waals surface area contributed by atoms with E-state index in [-0.39, 0.29) is 29.1 Å². The minimum absolute atomic E-state index is 0.0230. The number of methoxy groups -OCH3 is 1. The molecule has 0 saturated carbocycles. The molecule has 0 spiro atoms. The number of aldehydes is 1. The molecule has 11 heteroatoms. The smallest absolute Gasteiger partial charge is 0.305 e. The fourth-order valence-electron chi connectivity index (χ4n) is 6.87. The van der Waals surface area contributed by atoms with E-state index in [0.717, 1.165) is 34.4 Å². The van der Waals surface area contributed by atoms with Gasteiger partial charge in [-0.15, -0.1) is 0 Å². The van der Waals surface area contributed by atoms with Crippen molar-refractivity contribution in [1.29, 1.82) is 0 Å². The number of aromatic nitrogens is 1. The van der Waals surface area contributed by atoms with Crippen LogP contribution in [0.1, 0.15) is 94.0 Å².